The van der Waals surface area contributed by atoms with E-state index in [1.54, 1.807) is 0 Å². The maximum atomic E-state index is 10.3. The fourth-order valence-corrected chi connectivity index (χ4v) is 1.04. The van der Waals surface area contributed by atoms with Crippen LogP contribution in [0.2, 0.25) is 0 Å². The molecule has 0 aliphatic carbocycles. The number of halogens is 1. The number of hydrogen-bond donors (Lipinski definition) is 1. The summed E-state index contributed by atoms with van der Waals surface area (Å²) in [6, 6.07) is 0.840. The van der Waals surface area contributed by atoms with Crippen molar-refractivity contribution in [1.82, 2.24) is 0 Å². The van der Waals surface area contributed by atoms with Crippen LogP contribution in [0.15, 0.2) is 15.2 Å². The van der Waals surface area contributed by atoms with Crippen molar-refractivity contribution in [2.24, 2.45) is 0 Å². The van der Waals surface area contributed by atoms with E-state index in [4.69, 9.17) is 5.11 Å². The Morgan fingerprint density at radius 1 is 1.75 bits per heavy atom. The van der Waals surface area contributed by atoms with Gasteiger partial charge in [-0.3, -0.25) is 10.1 Å². The minimum Gasteiger partial charge on any atom is -0.478 e. The molecule has 0 saturated carbocycles. The summed E-state index contributed by atoms with van der Waals surface area (Å²) in [6.45, 7) is 0. The van der Waals surface area contributed by atoms with Crippen LogP contribution in [0.25, 0.3) is 0 Å². The fraction of sp³-hybridized carbons (Fsp3) is 0. The molecule has 0 aliphatic heterocycles. The van der Waals surface area contributed by atoms with Crippen LogP contribution in [0.4, 0.5) is 5.88 Å². The monoisotopic (exact) mass is 235 g/mol. The van der Waals surface area contributed by atoms with E-state index in [0.29, 0.717) is 0 Å². The van der Waals surface area contributed by atoms with Crippen LogP contribution in [-0.4, -0.2) is 16.0 Å². The SMILES string of the molecule is O=C(O)c1cc([N+](=O)[O-])oc1Br. The molecule has 0 saturated heterocycles. The lowest BCUT2D eigenvalue weighted by atomic mass is 10.3. The Kier molecular flexibility index (Phi) is 2.13. The Labute approximate surface area is 74.1 Å². The predicted octanol–water partition coefficient (Wildman–Crippen LogP) is 1.65. The number of rotatable bonds is 2. The van der Waals surface area contributed by atoms with Gasteiger partial charge in [-0.05, 0) is 15.9 Å². The molecule has 0 aliphatic rings. The Balaban J connectivity index is 3.17. The minimum absolute atomic E-state index is 0.151. The van der Waals surface area contributed by atoms with E-state index < -0.39 is 16.8 Å². The van der Waals surface area contributed by atoms with Gasteiger partial charge in [0.15, 0.2) is 4.67 Å². The average molecular weight is 236 g/mol. The van der Waals surface area contributed by atoms with Crippen LogP contribution in [0, 0.1) is 10.1 Å². The number of hydrogen-bond acceptors (Lipinski definition) is 4. The van der Waals surface area contributed by atoms with E-state index in [-0.39, 0.29) is 10.2 Å². The van der Waals surface area contributed by atoms with E-state index in [1.807, 2.05) is 0 Å². The van der Waals surface area contributed by atoms with E-state index in [2.05, 4.69) is 20.3 Å². The van der Waals surface area contributed by atoms with Crippen molar-refractivity contribution in [3.05, 3.63) is 26.4 Å². The van der Waals surface area contributed by atoms with Crippen molar-refractivity contribution in [2.45, 2.75) is 0 Å². The first-order valence-corrected chi connectivity index (χ1v) is 3.48. The van der Waals surface area contributed by atoms with Gasteiger partial charge in [0.1, 0.15) is 10.5 Å². The van der Waals surface area contributed by atoms with Crippen molar-refractivity contribution in [3.8, 4) is 0 Å². The van der Waals surface area contributed by atoms with Gasteiger partial charge in [0, 0.05) is 0 Å². The first kappa shape index (κ1) is 8.72. The van der Waals surface area contributed by atoms with Crippen molar-refractivity contribution in [3.63, 3.8) is 0 Å². The molecule has 64 valence electrons. The molecular weight excluding hydrogens is 234 g/mol. The van der Waals surface area contributed by atoms with Gasteiger partial charge in [-0.15, -0.1) is 0 Å². The molecule has 1 rings (SSSR count). The molecule has 0 fully saturated rings. The molecule has 1 aromatic heterocycles. The van der Waals surface area contributed by atoms with Crippen LogP contribution < -0.4 is 0 Å². The number of nitrogens with zero attached hydrogens (tertiary/aromatic N) is 1. The largest absolute Gasteiger partial charge is 0.478 e. The molecule has 0 bridgehead atoms. The van der Waals surface area contributed by atoms with Crippen LogP contribution in [0.5, 0.6) is 0 Å². The third-order valence-corrected chi connectivity index (χ3v) is 1.67. The van der Waals surface area contributed by atoms with Gasteiger partial charge in [0.25, 0.3) is 0 Å². The fourth-order valence-electron chi connectivity index (χ4n) is 0.592. The molecule has 0 amide bonds. The Hall–Kier alpha value is -1.37. The summed E-state index contributed by atoms with van der Waals surface area (Å²) in [5.74, 6) is -1.88. The predicted molar refractivity (Wildman–Crippen MR) is 40.0 cm³/mol. The lowest BCUT2D eigenvalue weighted by Crippen LogP contribution is -1.93. The van der Waals surface area contributed by atoms with Crippen molar-refractivity contribution in [1.29, 1.82) is 0 Å². The molecule has 0 radical (unpaired) electrons. The molecular formula is C5H2BrNO5. The molecule has 6 nitrogen and oxygen atoms in total. The van der Waals surface area contributed by atoms with Crippen LogP contribution >= 0.6 is 15.9 Å². The number of furan rings is 1. The van der Waals surface area contributed by atoms with Crippen LogP contribution in [0.1, 0.15) is 10.4 Å². The standard InChI is InChI=1S/C5H2BrNO5/c6-4-2(5(8)9)1-3(12-4)7(10)11/h1H,(H,8,9). The topological polar surface area (TPSA) is 93.6 Å². The maximum absolute atomic E-state index is 10.3. The lowest BCUT2D eigenvalue weighted by Gasteiger charge is -1.82. The van der Waals surface area contributed by atoms with E-state index in [9.17, 15) is 14.9 Å². The molecule has 0 atom stereocenters. The molecule has 0 aromatic carbocycles. The first-order chi connectivity index (χ1) is 5.52. The molecule has 1 aromatic rings. The highest BCUT2D eigenvalue weighted by Gasteiger charge is 2.21. The highest BCUT2D eigenvalue weighted by Crippen LogP contribution is 2.26. The Bertz CT molecular complexity index is 344. The van der Waals surface area contributed by atoms with Gasteiger partial charge in [-0.1, -0.05) is 0 Å². The van der Waals surface area contributed by atoms with Gasteiger partial charge >= 0.3 is 11.9 Å². The Morgan fingerprint density at radius 2 is 2.33 bits per heavy atom. The average Bonchev–Trinajstić information content (AvgIpc) is 2.30. The zero-order valence-electron chi connectivity index (χ0n) is 5.48. The third kappa shape index (κ3) is 1.45. The summed E-state index contributed by atoms with van der Waals surface area (Å²) >= 11 is 2.73. The van der Waals surface area contributed by atoms with Crippen LogP contribution in [-0.2, 0) is 0 Å². The van der Waals surface area contributed by atoms with Gasteiger partial charge in [-0.25, -0.2) is 4.79 Å². The van der Waals surface area contributed by atoms with Crippen molar-refractivity contribution >= 4 is 27.8 Å². The third-order valence-electron chi connectivity index (χ3n) is 1.08. The van der Waals surface area contributed by atoms with Gasteiger partial charge in [0.05, 0.1) is 6.07 Å². The smallest absolute Gasteiger partial charge is 0.434 e. The number of aromatic carboxylic acids is 1. The summed E-state index contributed by atoms with van der Waals surface area (Å²) < 4.78 is 4.32. The molecule has 12 heavy (non-hydrogen) atoms. The lowest BCUT2D eigenvalue weighted by molar-refractivity contribution is -0.402. The second-order valence-corrected chi connectivity index (χ2v) is 2.55. The van der Waals surface area contributed by atoms with Crippen molar-refractivity contribution in [2.75, 3.05) is 0 Å². The second kappa shape index (κ2) is 2.94. The number of carbonyl (C=O) groups is 1. The quantitative estimate of drug-likeness (QED) is 0.622. The summed E-state index contributed by atoms with van der Waals surface area (Å²) in [5, 5.41) is 18.5. The zero-order chi connectivity index (χ0) is 9.30. The summed E-state index contributed by atoms with van der Waals surface area (Å²) in [6.07, 6.45) is 0. The molecule has 0 spiro atoms. The van der Waals surface area contributed by atoms with Crippen LogP contribution in [0.3, 0.4) is 0 Å². The van der Waals surface area contributed by atoms with Gasteiger partial charge < -0.3 is 9.52 Å². The normalized spacial score (nSPS) is 9.75. The highest BCUT2D eigenvalue weighted by molar-refractivity contribution is 9.10. The second-order valence-electron chi connectivity index (χ2n) is 1.83. The summed E-state index contributed by atoms with van der Waals surface area (Å²) in [7, 11) is 0. The van der Waals surface area contributed by atoms with E-state index >= 15 is 0 Å². The minimum atomic E-state index is -1.28. The summed E-state index contributed by atoms with van der Waals surface area (Å²) in [5.41, 5.74) is -0.262. The first-order valence-electron chi connectivity index (χ1n) is 2.69. The van der Waals surface area contributed by atoms with E-state index in [0.717, 1.165) is 6.07 Å². The number of carboxylic acid groups (broad SMARTS) is 1. The van der Waals surface area contributed by atoms with Gasteiger partial charge in [0.2, 0.25) is 0 Å². The van der Waals surface area contributed by atoms with E-state index in [1.165, 1.54) is 0 Å². The molecule has 7 heteroatoms. The zero-order valence-corrected chi connectivity index (χ0v) is 7.07. The maximum Gasteiger partial charge on any atom is 0.434 e. The molecule has 1 heterocycles. The number of carboxylic acids is 1. The van der Waals surface area contributed by atoms with Gasteiger partial charge in [-0.2, -0.15) is 0 Å². The highest BCUT2D eigenvalue weighted by atomic mass is 79.9. The Morgan fingerprint density at radius 3 is 2.58 bits per heavy atom. The molecule has 0 unspecified atom stereocenters. The summed E-state index contributed by atoms with van der Waals surface area (Å²) in [4.78, 5) is 19.6. The number of nitro groups is 1. The molecule has 1 N–H and O–H groups in total. The van der Waals surface area contributed by atoms with Crippen molar-refractivity contribution < 1.29 is 19.2 Å².